The van der Waals surface area contributed by atoms with Crippen molar-refractivity contribution >= 4 is 22.5 Å². The summed E-state index contributed by atoms with van der Waals surface area (Å²) in [6, 6.07) is 5.50. The second kappa shape index (κ2) is 7.02. The van der Waals surface area contributed by atoms with Crippen LogP contribution in [0, 0.1) is 0 Å². The molecule has 1 aromatic carbocycles. The molecule has 0 radical (unpaired) electrons. The molecule has 1 aliphatic rings. The summed E-state index contributed by atoms with van der Waals surface area (Å²) in [6.07, 6.45) is 5.97. The number of hydrogen-bond donors (Lipinski definition) is 2. The highest BCUT2D eigenvalue weighted by Crippen LogP contribution is 2.30. The van der Waals surface area contributed by atoms with Crippen molar-refractivity contribution in [3.63, 3.8) is 0 Å². The van der Waals surface area contributed by atoms with Gasteiger partial charge in [-0.1, -0.05) is 24.3 Å². The Morgan fingerprint density at radius 3 is 3.04 bits per heavy atom. The number of phenolic OH excluding ortho intramolecular Hbond substituents is 1. The number of nitrogens with zero attached hydrogens (tertiary/aromatic N) is 2. The normalized spacial score (nSPS) is 15.5. The summed E-state index contributed by atoms with van der Waals surface area (Å²) in [5, 5.41) is 10.8. The van der Waals surface area contributed by atoms with E-state index in [2.05, 4.69) is 16.0 Å². The van der Waals surface area contributed by atoms with Gasteiger partial charge in [-0.25, -0.2) is 4.98 Å². The number of methoxy groups -OCH3 is 1. The van der Waals surface area contributed by atoms with E-state index in [1.807, 2.05) is 18.2 Å². The van der Waals surface area contributed by atoms with E-state index in [1.165, 1.54) is 4.88 Å². The summed E-state index contributed by atoms with van der Waals surface area (Å²) >= 11 is 1.61. The average molecular weight is 331 g/mol. The lowest BCUT2D eigenvalue weighted by Crippen LogP contribution is -2.26. The molecule has 122 valence electrons. The molecule has 0 unspecified atom stereocenters. The molecule has 1 aliphatic heterocycles. The van der Waals surface area contributed by atoms with E-state index in [9.17, 15) is 5.11 Å². The fourth-order valence-electron chi connectivity index (χ4n) is 2.78. The van der Waals surface area contributed by atoms with Crippen LogP contribution in [-0.4, -0.2) is 41.7 Å². The maximum absolute atomic E-state index is 10.1. The van der Waals surface area contributed by atoms with E-state index in [1.54, 1.807) is 24.5 Å². The zero-order valence-corrected chi connectivity index (χ0v) is 14.0. The van der Waals surface area contributed by atoms with Gasteiger partial charge >= 0.3 is 0 Å². The maximum atomic E-state index is 10.1. The topological polar surface area (TPSA) is 71.6 Å². The van der Waals surface area contributed by atoms with Gasteiger partial charge in [0.2, 0.25) is 0 Å². The minimum atomic E-state index is 0.184. The first kappa shape index (κ1) is 15.8. The molecule has 0 saturated heterocycles. The third-order valence-corrected chi connectivity index (χ3v) is 5.01. The summed E-state index contributed by atoms with van der Waals surface area (Å²) in [4.78, 5) is 8.11. The number of hydrogen-bond acceptors (Lipinski definition) is 6. The van der Waals surface area contributed by atoms with E-state index < -0.39 is 0 Å². The molecule has 0 atom stereocenters. The molecule has 0 aliphatic carbocycles. The zero-order valence-electron chi connectivity index (χ0n) is 13.2. The first-order valence-electron chi connectivity index (χ1n) is 7.66. The van der Waals surface area contributed by atoms with Gasteiger partial charge in [-0.3, -0.25) is 4.90 Å². The number of fused-ring (bicyclic) bond motifs is 1. The second-order valence-corrected chi connectivity index (χ2v) is 6.64. The predicted molar refractivity (Wildman–Crippen MR) is 94.1 cm³/mol. The number of benzene rings is 1. The number of aromatic hydroxyl groups is 1. The van der Waals surface area contributed by atoms with Gasteiger partial charge in [0.25, 0.3) is 0 Å². The number of ether oxygens (including phenoxy) is 1. The molecule has 3 rings (SSSR count). The molecule has 3 N–H and O–H groups in total. The van der Waals surface area contributed by atoms with Crippen LogP contribution in [0.3, 0.4) is 0 Å². The summed E-state index contributed by atoms with van der Waals surface area (Å²) in [7, 11) is 1.55. The molecule has 0 spiro atoms. The van der Waals surface area contributed by atoms with Gasteiger partial charge in [0.1, 0.15) is 0 Å². The Labute approximate surface area is 140 Å². The number of anilines is 1. The standard InChI is InChI=1S/C17H21N3O2S/c1-22-14-6-2-4-12(16(14)21)5-3-9-20-10-7-13-15(8-11-20)23-17(18)19-13/h2-6,21H,7-11H2,1H3,(H2,18,19)/b5-3+. The number of thiazole rings is 1. The Kier molecular flexibility index (Phi) is 4.83. The number of aromatic nitrogens is 1. The quantitative estimate of drug-likeness (QED) is 0.901. The smallest absolute Gasteiger partial charge is 0.180 e. The number of para-hydroxylation sites is 1. The molecule has 0 saturated carbocycles. The Morgan fingerprint density at radius 2 is 2.22 bits per heavy atom. The van der Waals surface area contributed by atoms with Crippen LogP contribution in [0.5, 0.6) is 11.5 Å². The number of phenols is 1. The van der Waals surface area contributed by atoms with Crippen LogP contribution in [0.2, 0.25) is 0 Å². The second-order valence-electron chi connectivity index (χ2n) is 5.52. The van der Waals surface area contributed by atoms with E-state index in [0.29, 0.717) is 10.9 Å². The number of rotatable bonds is 4. The van der Waals surface area contributed by atoms with Crippen LogP contribution in [0.4, 0.5) is 5.13 Å². The third kappa shape index (κ3) is 3.65. The molecule has 0 bridgehead atoms. The highest BCUT2D eigenvalue weighted by molar-refractivity contribution is 7.15. The average Bonchev–Trinajstić information content (AvgIpc) is 2.80. The summed E-state index contributed by atoms with van der Waals surface area (Å²) < 4.78 is 5.12. The van der Waals surface area contributed by atoms with Crippen LogP contribution < -0.4 is 10.5 Å². The molecule has 2 aromatic rings. The maximum Gasteiger partial charge on any atom is 0.180 e. The van der Waals surface area contributed by atoms with Gasteiger partial charge in [0.15, 0.2) is 16.6 Å². The summed E-state index contributed by atoms with van der Waals surface area (Å²) in [5.74, 6) is 0.680. The van der Waals surface area contributed by atoms with Crippen LogP contribution in [0.25, 0.3) is 6.08 Å². The molecule has 2 heterocycles. The van der Waals surface area contributed by atoms with Crippen molar-refractivity contribution in [3.8, 4) is 11.5 Å². The number of nitrogens with two attached hydrogens (primary N) is 1. The zero-order chi connectivity index (χ0) is 16.2. The largest absolute Gasteiger partial charge is 0.504 e. The lowest BCUT2D eigenvalue weighted by molar-refractivity contribution is 0.318. The fraction of sp³-hybridized carbons (Fsp3) is 0.353. The molecule has 5 nitrogen and oxygen atoms in total. The van der Waals surface area contributed by atoms with Crippen molar-refractivity contribution in [1.29, 1.82) is 0 Å². The van der Waals surface area contributed by atoms with Gasteiger partial charge in [-0.2, -0.15) is 0 Å². The van der Waals surface area contributed by atoms with Crippen LogP contribution in [0.1, 0.15) is 16.1 Å². The molecule has 1 aromatic heterocycles. The lowest BCUT2D eigenvalue weighted by atomic mass is 10.1. The van der Waals surface area contributed by atoms with Gasteiger partial charge in [0.05, 0.1) is 12.8 Å². The Balaban J connectivity index is 1.60. The molecule has 6 heteroatoms. The molecular weight excluding hydrogens is 310 g/mol. The van der Waals surface area contributed by atoms with Crippen molar-refractivity contribution in [2.45, 2.75) is 12.8 Å². The Bertz CT molecular complexity index is 686. The Hall–Kier alpha value is -2.05. The van der Waals surface area contributed by atoms with Gasteiger partial charge in [-0.15, -0.1) is 11.3 Å². The van der Waals surface area contributed by atoms with Crippen molar-refractivity contribution in [1.82, 2.24) is 9.88 Å². The van der Waals surface area contributed by atoms with Gasteiger partial charge < -0.3 is 15.6 Å². The van der Waals surface area contributed by atoms with E-state index in [0.717, 1.165) is 43.7 Å². The van der Waals surface area contributed by atoms with Crippen molar-refractivity contribution in [3.05, 3.63) is 40.4 Å². The van der Waals surface area contributed by atoms with Gasteiger partial charge in [-0.05, 0) is 12.5 Å². The van der Waals surface area contributed by atoms with Crippen molar-refractivity contribution < 1.29 is 9.84 Å². The molecule has 0 amide bonds. The minimum absolute atomic E-state index is 0.184. The Morgan fingerprint density at radius 1 is 1.39 bits per heavy atom. The van der Waals surface area contributed by atoms with Crippen molar-refractivity contribution in [2.24, 2.45) is 0 Å². The first-order chi connectivity index (χ1) is 11.2. The van der Waals surface area contributed by atoms with Crippen LogP contribution in [0.15, 0.2) is 24.3 Å². The molecule has 23 heavy (non-hydrogen) atoms. The monoisotopic (exact) mass is 331 g/mol. The fourth-order valence-corrected chi connectivity index (χ4v) is 3.65. The van der Waals surface area contributed by atoms with Gasteiger partial charge in [0, 0.05) is 36.5 Å². The van der Waals surface area contributed by atoms with Crippen LogP contribution >= 0.6 is 11.3 Å². The van der Waals surface area contributed by atoms with E-state index in [-0.39, 0.29) is 5.75 Å². The SMILES string of the molecule is COc1cccc(/C=C/CN2CCc3nc(N)sc3CC2)c1O. The predicted octanol–water partition coefficient (Wildman–Crippen LogP) is 2.55. The molecule has 0 fully saturated rings. The van der Waals surface area contributed by atoms with E-state index >= 15 is 0 Å². The van der Waals surface area contributed by atoms with Crippen molar-refractivity contribution in [2.75, 3.05) is 32.5 Å². The van der Waals surface area contributed by atoms with E-state index in [4.69, 9.17) is 10.5 Å². The summed E-state index contributed by atoms with van der Waals surface area (Å²) in [6.45, 7) is 2.83. The highest BCUT2D eigenvalue weighted by Gasteiger charge is 2.16. The third-order valence-electron chi connectivity index (χ3n) is 4.03. The summed E-state index contributed by atoms with van der Waals surface area (Å²) in [5.41, 5.74) is 7.70. The lowest BCUT2D eigenvalue weighted by Gasteiger charge is -2.17. The highest BCUT2D eigenvalue weighted by atomic mass is 32.1. The molecular formula is C17H21N3O2S. The minimum Gasteiger partial charge on any atom is -0.504 e. The number of nitrogen functional groups attached to an aromatic ring is 1. The first-order valence-corrected chi connectivity index (χ1v) is 8.48. The van der Waals surface area contributed by atoms with Crippen LogP contribution in [-0.2, 0) is 12.8 Å².